The van der Waals surface area contributed by atoms with E-state index in [9.17, 15) is 19.2 Å². The Hall–Kier alpha value is -2.10. The van der Waals surface area contributed by atoms with Gasteiger partial charge in [0.25, 0.3) is 0 Å². The molecule has 0 aliphatic heterocycles. The predicted molar refractivity (Wildman–Crippen MR) is 141 cm³/mol. The maximum absolute atomic E-state index is 14.0. The van der Waals surface area contributed by atoms with E-state index in [1.807, 2.05) is 31.2 Å². The molecule has 2 unspecified atom stereocenters. The van der Waals surface area contributed by atoms with Gasteiger partial charge in [0.2, 0.25) is 0 Å². The van der Waals surface area contributed by atoms with Crippen LogP contribution < -0.4 is 0 Å². The number of ketones is 4. The molecule has 4 heteroatoms. The van der Waals surface area contributed by atoms with Gasteiger partial charge in [-0.1, -0.05) is 71.4 Å². The highest BCUT2D eigenvalue weighted by Gasteiger charge is 2.59. The SMILES string of the molecule is Cc1ccc(CCC(=O)C2C(=O)C(CCC(C)C)C(=O)C(CCC(C)C)(CCC(C)C)C2=O)cc1. The zero-order valence-electron chi connectivity index (χ0n) is 23.0. The Morgan fingerprint density at radius 1 is 0.800 bits per heavy atom. The van der Waals surface area contributed by atoms with Gasteiger partial charge in [-0.2, -0.15) is 0 Å². The number of carbonyl (C=O) groups is 4. The summed E-state index contributed by atoms with van der Waals surface area (Å²) in [7, 11) is 0. The molecule has 0 heterocycles. The molecule has 194 valence electrons. The molecule has 0 spiro atoms. The van der Waals surface area contributed by atoms with Gasteiger partial charge in [-0.15, -0.1) is 0 Å². The lowest BCUT2D eigenvalue weighted by molar-refractivity contribution is -0.160. The second-order valence-corrected chi connectivity index (χ2v) is 12.0. The second-order valence-electron chi connectivity index (χ2n) is 12.0. The maximum Gasteiger partial charge on any atom is 0.164 e. The van der Waals surface area contributed by atoms with Crippen LogP contribution in [-0.4, -0.2) is 23.1 Å². The largest absolute Gasteiger partial charge is 0.298 e. The lowest BCUT2D eigenvalue weighted by atomic mass is 9.57. The third-order valence-corrected chi connectivity index (χ3v) is 7.58. The third-order valence-electron chi connectivity index (χ3n) is 7.58. The molecule has 4 nitrogen and oxygen atoms in total. The first kappa shape index (κ1) is 29.1. The van der Waals surface area contributed by atoms with Gasteiger partial charge in [0.15, 0.2) is 23.1 Å². The minimum Gasteiger partial charge on any atom is -0.298 e. The summed E-state index contributed by atoms with van der Waals surface area (Å²) in [6.07, 6.45) is 4.10. The molecular formula is C31H46O4. The summed E-state index contributed by atoms with van der Waals surface area (Å²) in [5, 5.41) is 0. The van der Waals surface area contributed by atoms with Crippen LogP contribution in [0, 0.1) is 41.9 Å². The minimum absolute atomic E-state index is 0.140. The van der Waals surface area contributed by atoms with E-state index in [1.165, 1.54) is 0 Å². The van der Waals surface area contributed by atoms with Crippen molar-refractivity contribution in [3.63, 3.8) is 0 Å². The summed E-state index contributed by atoms with van der Waals surface area (Å²) < 4.78 is 0. The Balaban J connectivity index is 2.42. The zero-order valence-corrected chi connectivity index (χ0v) is 23.0. The molecule has 2 rings (SSSR count). The highest BCUT2D eigenvalue weighted by molar-refractivity contribution is 6.33. The molecule has 1 aromatic rings. The summed E-state index contributed by atoms with van der Waals surface area (Å²) in [5.74, 6) is -2.54. The summed E-state index contributed by atoms with van der Waals surface area (Å²) in [6.45, 7) is 14.5. The van der Waals surface area contributed by atoms with E-state index in [0.717, 1.165) is 30.4 Å². The highest BCUT2D eigenvalue weighted by atomic mass is 16.2. The summed E-state index contributed by atoms with van der Waals surface area (Å²) in [4.78, 5) is 55.0. The van der Waals surface area contributed by atoms with Crippen LogP contribution in [0.1, 0.15) is 97.6 Å². The number of benzene rings is 1. The molecular weight excluding hydrogens is 436 g/mol. The van der Waals surface area contributed by atoms with Crippen molar-refractivity contribution in [1.29, 1.82) is 0 Å². The lowest BCUT2D eigenvalue weighted by Crippen LogP contribution is -2.58. The standard InChI is InChI=1S/C31H46O4/c1-20(2)8-14-25-28(33)27(26(32)15-13-24-11-9-23(7)10-12-24)30(35)31(29(25)34,18-16-21(3)4)19-17-22(5)6/h9-12,20-22,25,27H,8,13-19H2,1-7H3. The molecule has 1 aromatic carbocycles. The van der Waals surface area contributed by atoms with Crippen molar-refractivity contribution >= 4 is 23.1 Å². The van der Waals surface area contributed by atoms with E-state index in [-0.39, 0.29) is 18.0 Å². The molecule has 0 amide bonds. The molecule has 1 fully saturated rings. The molecule has 0 aromatic heterocycles. The van der Waals surface area contributed by atoms with Crippen molar-refractivity contribution in [3.8, 4) is 0 Å². The Labute approximate surface area is 212 Å². The lowest BCUT2D eigenvalue weighted by Gasteiger charge is -2.41. The normalized spacial score (nSPS) is 20.3. The number of aryl methyl sites for hydroxylation is 2. The van der Waals surface area contributed by atoms with Crippen molar-refractivity contribution in [3.05, 3.63) is 35.4 Å². The fraction of sp³-hybridized carbons (Fsp3) is 0.677. The smallest absolute Gasteiger partial charge is 0.164 e. The summed E-state index contributed by atoms with van der Waals surface area (Å²) in [6, 6.07) is 7.97. The van der Waals surface area contributed by atoms with Crippen LogP contribution in [0.4, 0.5) is 0 Å². The summed E-state index contributed by atoms with van der Waals surface area (Å²) in [5.41, 5.74) is 0.941. The molecule has 35 heavy (non-hydrogen) atoms. The fourth-order valence-electron chi connectivity index (χ4n) is 5.12. The van der Waals surface area contributed by atoms with Gasteiger partial charge >= 0.3 is 0 Å². The molecule has 0 radical (unpaired) electrons. The van der Waals surface area contributed by atoms with E-state index >= 15 is 0 Å². The van der Waals surface area contributed by atoms with Crippen LogP contribution in [-0.2, 0) is 25.6 Å². The first-order valence-electron chi connectivity index (χ1n) is 13.6. The van der Waals surface area contributed by atoms with E-state index in [2.05, 4.69) is 41.5 Å². The van der Waals surface area contributed by atoms with Gasteiger partial charge in [-0.25, -0.2) is 0 Å². The van der Waals surface area contributed by atoms with Crippen LogP contribution in [0.5, 0.6) is 0 Å². The van der Waals surface area contributed by atoms with Crippen molar-refractivity contribution < 1.29 is 19.2 Å². The van der Waals surface area contributed by atoms with Crippen LogP contribution in [0.2, 0.25) is 0 Å². The van der Waals surface area contributed by atoms with Crippen molar-refractivity contribution in [2.75, 3.05) is 0 Å². The monoisotopic (exact) mass is 482 g/mol. The first-order valence-corrected chi connectivity index (χ1v) is 13.6. The molecule has 2 atom stereocenters. The van der Waals surface area contributed by atoms with Gasteiger partial charge in [-0.05, 0) is 75.2 Å². The van der Waals surface area contributed by atoms with E-state index in [1.54, 1.807) is 0 Å². The zero-order chi connectivity index (χ0) is 26.3. The maximum atomic E-state index is 14.0. The average molecular weight is 483 g/mol. The average Bonchev–Trinajstić information content (AvgIpc) is 2.78. The van der Waals surface area contributed by atoms with Gasteiger partial charge in [0.05, 0.1) is 11.3 Å². The fourth-order valence-corrected chi connectivity index (χ4v) is 5.12. The van der Waals surface area contributed by atoms with Crippen molar-refractivity contribution in [1.82, 2.24) is 0 Å². The second kappa shape index (κ2) is 12.7. The van der Waals surface area contributed by atoms with E-state index in [0.29, 0.717) is 43.4 Å². The first-order chi connectivity index (χ1) is 16.4. The quantitative estimate of drug-likeness (QED) is 0.292. The Bertz CT molecular complexity index is 879. The topological polar surface area (TPSA) is 68.3 Å². The van der Waals surface area contributed by atoms with E-state index in [4.69, 9.17) is 0 Å². The number of Topliss-reactive ketones (excluding diaryl/α,β-unsaturated/α-hetero) is 4. The van der Waals surface area contributed by atoms with Gasteiger partial charge in [0, 0.05) is 6.42 Å². The molecule has 0 N–H and O–H groups in total. The molecule has 0 bridgehead atoms. The van der Waals surface area contributed by atoms with Gasteiger partial charge in [0.1, 0.15) is 5.92 Å². The van der Waals surface area contributed by atoms with Crippen LogP contribution >= 0.6 is 0 Å². The van der Waals surface area contributed by atoms with Crippen LogP contribution in [0.25, 0.3) is 0 Å². The molecule has 1 aliphatic rings. The van der Waals surface area contributed by atoms with Crippen molar-refractivity contribution in [2.24, 2.45) is 35.0 Å². The number of hydrogen-bond donors (Lipinski definition) is 0. The number of carbonyl (C=O) groups excluding carboxylic acids is 4. The Kier molecular flexibility index (Phi) is 10.6. The number of rotatable bonds is 13. The van der Waals surface area contributed by atoms with Crippen molar-refractivity contribution in [2.45, 2.75) is 99.8 Å². The molecule has 0 saturated heterocycles. The van der Waals surface area contributed by atoms with Crippen LogP contribution in [0.15, 0.2) is 24.3 Å². The number of hydrogen-bond acceptors (Lipinski definition) is 4. The van der Waals surface area contributed by atoms with Crippen LogP contribution in [0.3, 0.4) is 0 Å². The van der Waals surface area contributed by atoms with Gasteiger partial charge < -0.3 is 0 Å². The molecule has 1 saturated carbocycles. The highest BCUT2D eigenvalue weighted by Crippen LogP contribution is 2.45. The third kappa shape index (κ3) is 7.44. The van der Waals surface area contributed by atoms with Gasteiger partial charge in [-0.3, -0.25) is 19.2 Å². The summed E-state index contributed by atoms with van der Waals surface area (Å²) >= 11 is 0. The molecule has 1 aliphatic carbocycles. The predicted octanol–water partition coefficient (Wildman–Crippen LogP) is 6.75. The Morgan fingerprint density at radius 3 is 1.80 bits per heavy atom. The van der Waals surface area contributed by atoms with E-state index < -0.39 is 28.8 Å². The minimum atomic E-state index is -1.30. The Morgan fingerprint density at radius 2 is 1.31 bits per heavy atom.